The molecule has 1 atom stereocenters. The SMILES string of the molecule is O=C(O)C1Cc2ccc(Cl)c(Cl)c2O1. The number of ether oxygens (including phenoxy) is 1. The molecule has 1 aromatic rings. The van der Waals surface area contributed by atoms with Crippen LogP contribution in [-0.4, -0.2) is 17.2 Å². The minimum Gasteiger partial charge on any atom is -0.478 e. The Kier molecular flexibility index (Phi) is 2.29. The van der Waals surface area contributed by atoms with Gasteiger partial charge >= 0.3 is 5.97 Å². The fourth-order valence-electron chi connectivity index (χ4n) is 1.38. The van der Waals surface area contributed by atoms with Crippen molar-refractivity contribution in [2.75, 3.05) is 0 Å². The van der Waals surface area contributed by atoms with Crippen LogP contribution in [0.1, 0.15) is 5.56 Å². The summed E-state index contributed by atoms with van der Waals surface area (Å²) in [4.78, 5) is 10.7. The van der Waals surface area contributed by atoms with Gasteiger partial charge in [-0.25, -0.2) is 4.79 Å². The number of fused-ring (bicyclic) bond motifs is 1. The Morgan fingerprint density at radius 2 is 2.21 bits per heavy atom. The number of rotatable bonds is 1. The number of hydrogen-bond donors (Lipinski definition) is 1. The highest BCUT2D eigenvalue weighted by molar-refractivity contribution is 6.43. The number of carbonyl (C=O) groups is 1. The second kappa shape index (κ2) is 3.33. The summed E-state index contributed by atoms with van der Waals surface area (Å²) in [7, 11) is 0. The quantitative estimate of drug-likeness (QED) is 0.809. The summed E-state index contributed by atoms with van der Waals surface area (Å²) >= 11 is 11.6. The highest BCUT2D eigenvalue weighted by atomic mass is 35.5. The number of carboxylic acid groups (broad SMARTS) is 1. The molecule has 0 aliphatic carbocycles. The summed E-state index contributed by atoms with van der Waals surface area (Å²) in [6.07, 6.45) is -0.511. The van der Waals surface area contributed by atoms with Crippen LogP contribution in [0.2, 0.25) is 10.0 Å². The van der Waals surface area contributed by atoms with Crippen LogP contribution in [0, 0.1) is 0 Å². The number of carboxylic acids is 1. The van der Waals surface area contributed by atoms with Crippen LogP contribution in [0.4, 0.5) is 0 Å². The molecule has 0 fully saturated rings. The van der Waals surface area contributed by atoms with E-state index in [1.807, 2.05) is 0 Å². The molecule has 0 radical (unpaired) electrons. The lowest BCUT2D eigenvalue weighted by atomic mass is 10.1. The lowest BCUT2D eigenvalue weighted by molar-refractivity contribution is -0.144. The third-order valence-corrected chi connectivity index (χ3v) is 2.86. The first-order valence-corrected chi connectivity index (χ1v) is 4.71. The molecule has 0 bridgehead atoms. The zero-order valence-electron chi connectivity index (χ0n) is 6.96. The van der Waals surface area contributed by atoms with E-state index in [1.54, 1.807) is 12.1 Å². The predicted octanol–water partition coefficient (Wildman–Crippen LogP) is 2.38. The maximum Gasteiger partial charge on any atom is 0.345 e. The monoisotopic (exact) mass is 232 g/mol. The first-order valence-electron chi connectivity index (χ1n) is 3.96. The van der Waals surface area contributed by atoms with Gasteiger partial charge in [0.1, 0.15) is 10.8 Å². The average Bonchev–Trinajstić information content (AvgIpc) is 2.56. The standard InChI is InChI=1S/C9H6Cl2O3/c10-5-2-1-4-3-6(9(12)13)14-8(4)7(5)11/h1-2,6H,3H2,(H,12,13). The fourth-order valence-corrected chi connectivity index (χ4v) is 1.76. The van der Waals surface area contributed by atoms with Gasteiger partial charge in [-0.2, -0.15) is 0 Å². The predicted molar refractivity (Wildman–Crippen MR) is 52.2 cm³/mol. The number of hydrogen-bond acceptors (Lipinski definition) is 2. The maximum atomic E-state index is 10.7. The molecule has 1 heterocycles. The Bertz CT molecular complexity index is 403. The molecular weight excluding hydrogens is 227 g/mol. The largest absolute Gasteiger partial charge is 0.478 e. The van der Waals surface area contributed by atoms with Crippen molar-refractivity contribution >= 4 is 29.2 Å². The van der Waals surface area contributed by atoms with Gasteiger partial charge in [0.05, 0.1) is 5.02 Å². The van der Waals surface area contributed by atoms with Crippen LogP contribution < -0.4 is 4.74 Å². The van der Waals surface area contributed by atoms with Crippen molar-refractivity contribution in [3.8, 4) is 5.75 Å². The number of halogens is 2. The van der Waals surface area contributed by atoms with Crippen LogP contribution in [0.3, 0.4) is 0 Å². The maximum absolute atomic E-state index is 10.7. The van der Waals surface area contributed by atoms with Gasteiger partial charge in [0, 0.05) is 12.0 Å². The van der Waals surface area contributed by atoms with Crippen molar-refractivity contribution in [2.24, 2.45) is 0 Å². The molecule has 1 aliphatic rings. The van der Waals surface area contributed by atoms with Crippen LogP contribution in [0.25, 0.3) is 0 Å². The summed E-state index contributed by atoms with van der Waals surface area (Å²) in [6, 6.07) is 3.36. The fraction of sp³-hybridized carbons (Fsp3) is 0.222. The smallest absolute Gasteiger partial charge is 0.345 e. The molecule has 3 nitrogen and oxygen atoms in total. The summed E-state index contributed by atoms with van der Waals surface area (Å²) in [6.45, 7) is 0. The van der Waals surface area contributed by atoms with Gasteiger partial charge in [0.25, 0.3) is 0 Å². The topological polar surface area (TPSA) is 46.5 Å². The molecule has 0 amide bonds. The third kappa shape index (κ3) is 1.42. The van der Waals surface area contributed by atoms with Crippen molar-refractivity contribution in [3.63, 3.8) is 0 Å². The zero-order valence-corrected chi connectivity index (χ0v) is 8.47. The second-order valence-electron chi connectivity index (χ2n) is 3.00. The first-order chi connectivity index (χ1) is 6.59. The molecule has 5 heteroatoms. The van der Waals surface area contributed by atoms with Crippen LogP contribution >= 0.6 is 23.2 Å². The summed E-state index contributed by atoms with van der Waals surface area (Å²) < 4.78 is 5.16. The van der Waals surface area contributed by atoms with Gasteiger partial charge in [-0.15, -0.1) is 0 Å². The van der Waals surface area contributed by atoms with E-state index in [-0.39, 0.29) is 5.02 Å². The Morgan fingerprint density at radius 3 is 2.86 bits per heavy atom. The van der Waals surface area contributed by atoms with Crippen molar-refractivity contribution in [2.45, 2.75) is 12.5 Å². The molecule has 1 N–H and O–H groups in total. The van der Waals surface area contributed by atoms with Gasteiger partial charge < -0.3 is 9.84 Å². The Hall–Kier alpha value is -0.930. The Morgan fingerprint density at radius 1 is 1.50 bits per heavy atom. The van der Waals surface area contributed by atoms with Crippen LogP contribution in [-0.2, 0) is 11.2 Å². The summed E-state index contributed by atoms with van der Waals surface area (Å²) in [5, 5.41) is 9.40. The molecule has 0 spiro atoms. The first kappa shape index (κ1) is 9.62. The van der Waals surface area contributed by atoms with E-state index >= 15 is 0 Å². The van der Waals surface area contributed by atoms with E-state index in [1.165, 1.54) is 0 Å². The lowest BCUT2D eigenvalue weighted by Crippen LogP contribution is -2.24. The van der Waals surface area contributed by atoms with Crippen molar-refractivity contribution in [1.82, 2.24) is 0 Å². The average molecular weight is 233 g/mol. The minimum atomic E-state index is -0.992. The molecular formula is C9H6Cl2O3. The van der Waals surface area contributed by atoms with Gasteiger partial charge in [0.15, 0.2) is 6.10 Å². The number of benzene rings is 1. The van der Waals surface area contributed by atoms with Gasteiger partial charge in [-0.1, -0.05) is 29.3 Å². The van der Waals surface area contributed by atoms with Crippen molar-refractivity contribution in [1.29, 1.82) is 0 Å². The Labute approximate surface area is 90.2 Å². The molecule has 1 aromatic carbocycles. The van der Waals surface area contributed by atoms with Gasteiger partial charge in [-0.05, 0) is 6.07 Å². The number of aliphatic carboxylic acids is 1. The molecule has 1 aliphatic heterocycles. The molecule has 74 valence electrons. The minimum absolute atomic E-state index is 0.285. The molecule has 0 saturated carbocycles. The molecule has 0 aromatic heterocycles. The third-order valence-electron chi connectivity index (χ3n) is 2.07. The molecule has 1 unspecified atom stereocenters. The van der Waals surface area contributed by atoms with E-state index in [0.717, 1.165) is 5.56 Å². The van der Waals surface area contributed by atoms with E-state index in [2.05, 4.69) is 0 Å². The van der Waals surface area contributed by atoms with E-state index in [0.29, 0.717) is 17.2 Å². The van der Waals surface area contributed by atoms with Crippen molar-refractivity contribution in [3.05, 3.63) is 27.7 Å². The lowest BCUT2D eigenvalue weighted by Gasteiger charge is -2.05. The highest BCUT2D eigenvalue weighted by Crippen LogP contribution is 2.40. The highest BCUT2D eigenvalue weighted by Gasteiger charge is 2.30. The van der Waals surface area contributed by atoms with Crippen molar-refractivity contribution < 1.29 is 14.6 Å². The van der Waals surface area contributed by atoms with E-state index in [9.17, 15) is 4.79 Å². The van der Waals surface area contributed by atoms with Gasteiger partial charge in [-0.3, -0.25) is 0 Å². The summed E-state index contributed by atoms with van der Waals surface area (Å²) in [5.74, 6) is -0.597. The van der Waals surface area contributed by atoms with Crippen LogP contribution in [0.15, 0.2) is 12.1 Å². The molecule has 2 rings (SSSR count). The molecule has 0 saturated heterocycles. The Balaban J connectivity index is 2.40. The summed E-state index contributed by atoms with van der Waals surface area (Å²) in [5.41, 5.74) is 0.784. The van der Waals surface area contributed by atoms with Crippen LogP contribution in [0.5, 0.6) is 5.75 Å². The zero-order chi connectivity index (χ0) is 10.3. The second-order valence-corrected chi connectivity index (χ2v) is 3.78. The van der Waals surface area contributed by atoms with Gasteiger partial charge in [0.2, 0.25) is 0 Å². The van der Waals surface area contributed by atoms with E-state index < -0.39 is 12.1 Å². The normalized spacial score (nSPS) is 18.9. The van der Waals surface area contributed by atoms with E-state index in [4.69, 9.17) is 33.0 Å². The molecule has 14 heavy (non-hydrogen) atoms.